The Bertz CT molecular complexity index is 713. The number of hydrogen-bond acceptors (Lipinski definition) is 3. The van der Waals surface area contributed by atoms with Gasteiger partial charge in [0.1, 0.15) is 5.70 Å². The van der Waals surface area contributed by atoms with Crippen molar-refractivity contribution in [2.24, 2.45) is 0 Å². The Labute approximate surface area is 139 Å². The van der Waals surface area contributed by atoms with Gasteiger partial charge in [0, 0.05) is 12.1 Å². The number of carboxylic acid groups (broad SMARTS) is 1. The molecule has 25 heavy (non-hydrogen) atoms. The van der Waals surface area contributed by atoms with E-state index in [1.54, 1.807) is 0 Å². The van der Waals surface area contributed by atoms with E-state index in [1.807, 2.05) is 0 Å². The van der Waals surface area contributed by atoms with Crippen molar-refractivity contribution in [2.75, 3.05) is 0 Å². The number of aliphatic carboxylic acids is 1. The number of halogens is 5. The van der Waals surface area contributed by atoms with Crippen LogP contribution in [-0.2, 0) is 4.79 Å². The zero-order valence-electron chi connectivity index (χ0n) is 12.8. The third-order valence-electron chi connectivity index (χ3n) is 3.93. The Balaban J connectivity index is 2.37. The lowest BCUT2D eigenvalue weighted by molar-refractivity contribution is -0.133. The van der Waals surface area contributed by atoms with E-state index in [0.29, 0.717) is 18.9 Å². The van der Waals surface area contributed by atoms with Gasteiger partial charge in [0.2, 0.25) is 5.82 Å². The second kappa shape index (κ2) is 7.62. The van der Waals surface area contributed by atoms with Crippen LogP contribution in [-0.4, -0.2) is 22.9 Å². The number of allylic oxidation sites excluding steroid dienone is 1. The molecule has 2 rings (SSSR count). The predicted molar refractivity (Wildman–Crippen MR) is 76.3 cm³/mol. The van der Waals surface area contributed by atoms with Crippen molar-refractivity contribution in [2.45, 2.75) is 38.1 Å². The maximum Gasteiger partial charge on any atom is 0.352 e. The zero-order chi connectivity index (χ0) is 18.7. The molecule has 136 valence electrons. The number of nitrogens with one attached hydrogen (secondary N) is 1. The number of ketones is 1. The number of rotatable bonds is 5. The minimum atomic E-state index is -2.39. The van der Waals surface area contributed by atoms with Gasteiger partial charge < -0.3 is 10.4 Å². The molecule has 1 saturated carbocycles. The van der Waals surface area contributed by atoms with Crippen molar-refractivity contribution in [3.8, 4) is 0 Å². The van der Waals surface area contributed by atoms with Gasteiger partial charge in [-0.15, -0.1) is 0 Å². The fourth-order valence-electron chi connectivity index (χ4n) is 2.66. The molecule has 0 radical (unpaired) electrons. The van der Waals surface area contributed by atoms with E-state index >= 15 is 0 Å². The lowest BCUT2D eigenvalue weighted by Gasteiger charge is -2.23. The van der Waals surface area contributed by atoms with Gasteiger partial charge in [0.05, 0.1) is 5.56 Å². The van der Waals surface area contributed by atoms with Crippen molar-refractivity contribution in [1.29, 1.82) is 0 Å². The van der Waals surface area contributed by atoms with Gasteiger partial charge in [-0.2, -0.15) is 0 Å². The molecule has 0 aromatic heterocycles. The number of benzene rings is 1. The molecule has 4 nitrogen and oxygen atoms in total. The minimum absolute atomic E-state index is 0.250. The van der Waals surface area contributed by atoms with Crippen molar-refractivity contribution in [3.63, 3.8) is 0 Å². The number of carbonyl (C=O) groups excluding carboxylic acids is 1. The summed E-state index contributed by atoms with van der Waals surface area (Å²) >= 11 is 0. The van der Waals surface area contributed by atoms with E-state index in [9.17, 15) is 31.5 Å². The number of carbonyl (C=O) groups is 2. The molecule has 0 saturated heterocycles. The first-order valence-corrected chi connectivity index (χ1v) is 7.51. The number of hydrogen-bond donors (Lipinski definition) is 2. The van der Waals surface area contributed by atoms with Crippen LogP contribution < -0.4 is 5.32 Å². The highest BCUT2D eigenvalue weighted by Crippen LogP contribution is 2.24. The molecular formula is C16H14F5NO3. The molecule has 2 N–H and O–H groups in total. The Morgan fingerprint density at radius 1 is 0.880 bits per heavy atom. The van der Waals surface area contributed by atoms with Gasteiger partial charge in [0.25, 0.3) is 0 Å². The van der Waals surface area contributed by atoms with Gasteiger partial charge >= 0.3 is 5.97 Å². The lowest BCUT2D eigenvalue weighted by Crippen LogP contribution is -2.34. The summed E-state index contributed by atoms with van der Waals surface area (Å²) in [6.45, 7) is 0. The highest BCUT2D eigenvalue weighted by Gasteiger charge is 2.29. The van der Waals surface area contributed by atoms with Crippen molar-refractivity contribution in [3.05, 3.63) is 46.4 Å². The minimum Gasteiger partial charge on any atom is -0.477 e. The molecule has 0 aliphatic heterocycles. The quantitative estimate of drug-likeness (QED) is 0.276. The van der Waals surface area contributed by atoms with E-state index in [2.05, 4.69) is 5.32 Å². The summed E-state index contributed by atoms with van der Waals surface area (Å²) in [7, 11) is 0. The second-order valence-electron chi connectivity index (χ2n) is 5.65. The molecule has 0 atom stereocenters. The van der Waals surface area contributed by atoms with Gasteiger partial charge in [-0.05, 0) is 12.8 Å². The van der Waals surface area contributed by atoms with Crippen LogP contribution in [0.5, 0.6) is 0 Å². The highest BCUT2D eigenvalue weighted by molar-refractivity contribution is 6.08. The fraction of sp³-hybridized carbons (Fsp3) is 0.375. The molecule has 0 bridgehead atoms. The van der Waals surface area contributed by atoms with Crippen molar-refractivity contribution in [1.82, 2.24) is 5.32 Å². The van der Waals surface area contributed by atoms with Crippen LogP contribution in [0.15, 0.2) is 11.8 Å². The van der Waals surface area contributed by atoms with E-state index in [1.165, 1.54) is 0 Å². The van der Waals surface area contributed by atoms with Crippen LogP contribution in [0.2, 0.25) is 0 Å². The zero-order valence-corrected chi connectivity index (χ0v) is 12.8. The SMILES string of the molecule is O=C(O)C(=CC(=O)c1c(F)c(F)c(F)c(F)c1F)NC1CCCCC1. The first kappa shape index (κ1) is 18.9. The Morgan fingerprint density at radius 3 is 1.84 bits per heavy atom. The standard InChI is InChI=1S/C16H14F5NO3/c17-11-10(12(18)14(20)15(21)13(11)19)9(23)6-8(16(24)25)22-7-4-2-1-3-5-7/h6-7,22H,1-5H2,(H,24,25). The maximum atomic E-state index is 13.6. The molecule has 1 aromatic carbocycles. The molecule has 1 aliphatic rings. The van der Waals surface area contributed by atoms with Crippen LogP contribution in [0, 0.1) is 29.1 Å². The molecule has 1 aliphatic carbocycles. The summed E-state index contributed by atoms with van der Waals surface area (Å²) in [6.07, 6.45) is 4.28. The van der Waals surface area contributed by atoms with Gasteiger partial charge in [-0.25, -0.2) is 26.7 Å². The first-order chi connectivity index (χ1) is 11.7. The van der Waals surface area contributed by atoms with E-state index in [-0.39, 0.29) is 6.04 Å². The number of carboxylic acids is 1. The Hall–Kier alpha value is -2.45. The molecule has 0 unspecified atom stereocenters. The molecule has 1 aromatic rings. The lowest BCUT2D eigenvalue weighted by atomic mass is 9.95. The van der Waals surface area contributed by atoms with Crippen LogP contribution in [0.4, 0.5) is 22.0 Å². The summed E-state index contributed by atoms with van der Waals surface area (Å²) in [5.74, 6) is -14.8. The molecule has 1 fully saturated rings. The summed E-state index contributed by atoms with van der Waals surface area (Å²) < 4.78 is 66.6. The first-order valence-electron chi connectivity index (χ1n) is 7.51. The highest BCUT2D eigenvalue weighted by atomic mass is 19.2. The maximum absolute atomic E-state index is 13.6. The third kappa shape index (κ3) is 3.97. The largest absolute Gasteiger partial charge is 0.477 e. The monoisotopic (exact) mass is 363 g/mol. The van der Waals surface area contributed by atoms with Crippen LogP contribution in [0.25, 0.3) is 0 Å². The van der Waals surface area contributed by atoms with Crippen LogP contribution >= 0.6 is 0 Å². The van der Waals surface area contributed by atoms with Crippen molar-refractivity contribution < 1.29 is 36.6 Å². The Kier molecular flexibility index (Phi) is 5.76. The third-order valence-corrected chi connectivity index (χ3v) is 3.93. The molecule has 0 spiro atoms. The fourth-order valence-corrected chi connectivity index (χ4v) is 2.66. The summed E-state index contributed by atoms with van der Waals surface area (Å²) in [4.78, 5) is 23.2. The summed E-state index contributed by atoms with van der Waals surface area (Å²) in [6, 6.07) is -0.250. The Morgan fingerprint density at radius 2 is 1.36 bits per heavy atom. The van der Waals surface area contributed by atoms with Gasteiger partial charge in [-0.1, -0.05) is 19.3 Å². The summed E-state index contributed by atoms with van der Waals surface area (Å²) in [5.41, 5.74) is -2.36. The molecular weight excluding hydrogens is 349 g/mol. The van der Waals surface area contributed by atoms with Crippen LogP contribution in [0.1, 0.15) is 42.5 Å². The van der Waals surface area contributed by atoms with Gasteiger partial charge in [-0.3, -0.25) is 4.79 Å². The topological polar surface area (TPSA) is 66.4 Å². The van der Waals surface area contributed by atoms with Gasteiger partial charge in [0.15, 0.2) is 29.1 Å². The van der Waals surface area contributed by atoms with E-state index in [4.69, 9.17) is 5.11 Å². The average molecular weight is 363 g/mol. The predicted octanol–water partition coefficient (Wildman–Crippen LogP) is 3.46. The molecule has 0 amide bonds. The normalized spacial score (nSPS) is 16.0. The molecule has 0 heterocycles. The van der Waals surface area contributed by atoms with E-state index in [0.717, 1.165) is 19.3 Å². The smallest absolute Gasteiger partial charge is 0.352 e. The van der Waals surface area contributed by atoms with E-state index < -0.39 is 52.1 Å². The summed E-state index contributed by atoms with van der Waals surface area (Å²) in [5, 5.41) is 11.7. The van der Waals surface area contributed by atoms with Crippen molar-refractivity contribution >= 4 is 11.8 Å². The average Bonchev–Trinajstić information content (AvgIpc) is 2.58. The van der Waals surface area contributed by atoms with Crippen LogP contribution in [0.3, 0.4) is 0 Å². The molecule has 9 heteroatoms. The second-order valence-corrected chi connectivity index (χ2v) is 5.65.